The number of hydrogen-bond donors (Lipinski definition) is 2. The topological polar surface area (TPSA) is 84.5 Å². The molecule has 2 aromatic carbocycles. The van der Waals surface area contributed by atoms with Crippen LogP contribution in [-0.2, 0) is 10.0 Å². The van der Waals surface area contributed by atoms with E-state index in [1.165, 1.54) is 25.7 Å². The number of amides is 1. The van der Waals surface area contributed by atoms with Crippen LogP contribution in [0.15, 0.2) is 47.4 Å². The minimum absolute atomic E-state index is 0.129. The van der Waals surface area contributed by atoms with Crippen LogP contribution in [0.3, 0.4) is 0 Å². The van der Waals surface area contributed by atoms with Gasteiger partial charge in [0.2, 0.25) is 0 Å². The predicted octanol–water partition coefficient (Wildman–Crippen LogP) is 3.87. The SMILES string of the molecule is COc1ccc(S(=O)(=O)Nc2cc(C(=O)NC3CCCCC3)ccc2C)cc1. The van der Waals surface area contributed by atoms with Crippen LogP contribution in [0.25, 0.3) is 0 Å². The van der Waals surface area contributed by atoms with E-state index in [2.05, 4.69) is 10.0 Å². The fourth-order valence-corrected chi connectivity index (χ4v) is 4.47. The zero-order valence-corrected chi connectivity index (χ0v) is 17.0. The molecular formula is C21H26N2O4S. The smallest absolute Gasteiger partial charge is 0.261 e. The van der Waals surface area contributed by atoms with E-state index in [9.17, 15) is 13.2 Å². The van der Waals surface area contributed by atoms with Crippen LogP contribution in [0.5, 0.6) is 5.75 Å². The van der Waals surface area contributed by atoms with Crippen LogP contribution in [0.1, 0.15) is 48.0 Å². The van der Waals surface area contributed by atoms with Crippen molar-refractivity contribution >= 4 is 21.6 Å². The van der Waals surface area contributed by atoms with Crippen LogP contribution in [0.2, 0.25) is 0 Å². The van der Waals surface area contributed by atoms with Crippen molar-refractivity contribution in [1.82, 2.24) is 5.32 Å². The number of aryl methyl sites for hydroxylation is 1. The van der Waals surface area contributed by atoms with Gasteiger partial charge in [0.15, 0.2) is 0 Å². The molecule has 0 bridgehead atoms. The number of rotatable bonds is 6. The molecule has 7 heteroatoms. The van der Waals surface area contributed by atoms with Gasteiger partial charge in [-0.15, -0.1) is 0 Å². The Morgan fingerprint density at radius 1 is 1.04 bits per heavy atom. The standard InChI is InChI=1S/C21H26N2O4S/c1-15-8-9-16(21(24)22-17-6-4-3-5-7-17)14-20(15)23-28(25,26)19-12-10-18(27-2)11-13-19/h8-14,17,23H,3-7H2,1-2H3,(H,22,24). The van der Waals surface area contributed by atoms with Gasteiger partial charge in [-0.05, 0) is 61.7 Å². The molecule has 1 amide bonds. The summed E-state index contributed by atoms with van der Waals surface area (Å²) in [5.74, 6) is 0.410. The molecule has 1 saturated carbocycles. The van der Waals surface area contributed by atoms with E-state index in [0.717, 1.165) is 31.2 Å². The van der Waals surface area contributed by atoms with Gasteiger partial charge in [-0.1, -0.05) is 25.3 Å². The fourth-order valence-electron chi connectivity index (χ4n) is 3.35. The van der Waals surface area contributed by atoms with Crippen LogP contribution in [-0.4, -0.2) is 27.5 Å². The minimum Gasteiger partial charge on any atom is -0.497 e. The molecule has 3 rings (SSSR count). The van der Waals surface area contributed by atoms with E-state index >= 15 is 0 Å². The van der Waals surface area contributed by atoms with Crippen molar-refractivity contribution in [3.05, 3.63) is 53.6 Å². The van der Waals surface area contributed by atoms with Crippen molar-refractivity contribution in [1.29, 1.82) is 0 Å². The highest BCUT2D eigenvalue weighted by Crippen LogP contribution is 2.23. The average Bonchev–Trinajstić information content (AvgIpc) is 2.70. The van der Waals surface area contributed by atoms with E-state index in [-0.39, 0.29) is 16.8 Å². The first-order chi connectivity index (χ1) is 13.4. The minimum atomic E-state index is -3.77. The molecule has 6 nitrogen and oxygen atoms in total. The summed E-state index contributed by atoms with van der Waals surface area (Å²) in [6.07, 6.45) is 5.47. The summed E-state index contributed by atoms with van der Waals surface area (Å²) >= 11 is 0. The van der Waals surface area contributed by atoms with Crippen molar-refractivity contribution in [3.8, 4) is 5.75 Å². The molecule has 1 aliphatic rings. The normalized spacial score (nSPS) is 15.1. The summed E-state index contributed by atoms with van der Waals surface area (Å²) in [5, 5.41) is 3.06. The zero-order valence-electron chi connectivity index (χ0n) is 16.2. The summed E-state index contributed by atoms with van der Waals surface area (Å²) < 4.78 is 33.1. The van der Waals surface area contributed by atoms with Gasteiger partial charge in [-0.25, -0.2) is 8.42 Å². The molecule has 0 aromatic heterocycles. The number of carbonyl (C=O) groups is 1. The Hall–Kier alpha value is -2.54. The van der Waals surface area contributed by atoms with Gasteiger partial charge in [-0.3, -0.25) is 9.52 Å². The first kappa shape index (κ1) is 20.2. The fraction of sp³-hybridized carbons (Fsp3) is 0.381. The van der Waals surface area contributed by atoms with Crippen molar-refractivity contribution in [2.45, 2.75) is 50.0 Å². The number of benzene rings is 2. The molecule has 0 radical (unpaired) electrons. The molecule has 28 heavy (non-hydrogen) atoms. The highest BCUT2D eigenvalue weighted by molar-refractivity contribution is 7.92. The van der Waals surface area contributed by atoms with E-state index in [0.29, 0.717) is 17.0 Å². The lowest BCUT2D eigenvalue weighted by atomic mass is 9.95. The quantitative estimate of drug-likeness (QED) is 0.768. The van der Waals surface area contributed by atoms with E-state index in [4.69, 9.17) is 4.74 Å². The highest BCUT2D eigenvalue weighted by atomic mass is 32.2. The van der Waals surface area contributed by atoms with Gasteiger partial charge >= 0.3 is 0 Å². The molecule has 150 valence electrons. The number of methoxy groups -OCH3 is 1. The lowest BCUT2D eigenvalue weighted by Gasteiger charge is -2.23. The van der Waals surface area contributed by atoms with E-state index in [1.54, 1.807) is 37.3 Å². The monoisotopic (exact) mass is 402 g/mol. The Morgan fingerprint density at radius 3 is 2.36 bits per heavy atom. The summed E-state index contributed by atoms with van der Waals surface area (Å²) in [7, 11) is -2.24. The molecule has 1 aliphatic carbocycles. The second kappa shape index (κ2) is 8.65. The summed E-state index contributed by atoms with van der Waals surface area (Å²) in [6, 6.07) is 11.4. The number of anilines is 1. The van der Waals surface area contributed by atoms with Crippen LogP contribution < -0.4 is 14.8 Å². The number of hydrogen-bond acceptors (Lipinski definition) is 4. The third-order valence-corrected chi connectivity index (χ3v) is 6.44. The van der Waals surface area contributed by atoms with Crippen LogP contribution in [0, 0.1) is 6.92 Å². The van der Waals surface area contributed by atoms with Gasteiger partial charge in [0, 0.05) is 11.6 Å². The third-order valence-electron chi connectivity index (χ3n) is 5.05. The molecule has 0 aliphatic heterocycles. The van der Waals surface area contributed by atoms with Crippen LogP contribution in [0.4, 0.5) is 5.69 Å². The van der Waals surface area contributed by atoms with Crippen molar-refractivity contribution in [2.24, 2.45) is 0 Å². The largest absolute Gasteiger partial charge is 0.497 e. The van der Waals surface area contributed by atoms with Gasteiger partial charge in [0.25, 0.3) is 15.9 Å². The molecule has 2 aromatic rings. The lowest BCUT2D eigenvalue weighted by Crippen LogP contribution is -2.36. The average molecular weight is 403 g/mol. The van der Waals surface area contributed by atoms with Gasteiger partial charge in [0.1, 0.15) is 5.75 Å². The molecule has 0 unspecified atom stereocenters. The number of sulfonamides is 1. The summed E-state index contributed by atoms with van der Waals surface area (Å²) in [5.41, 5.74) is 1.59. The first-order valence-electron chi connectivity index (χ1n) is 9.47. The second-order valence-electron chi connectivity index (χ2n) is 7.12. The lowest BCUT2D eigenvalue weighted by molar-refractivity contribution is 0.0927. The summed E-state index contributed by atoms with van der Waals surface area (Å²) in [4.78, 5) is 12.7. The van der Waals surface area contributed by atoms with Gasteiger partial charge in [0.05, 0.1) is 17.7 Å². The van der Waals surface area contributed by atoms with Gasteiger partial charge in [-0.2, -0.15) is 0 Å². The third kappa shape index (κ3) is 4.84. The Bertz CT molecular complexity index is 933. The zero-order chi connectivity index (χ0) is 20.1. The maximum absolute atomic E-state index is 12.7. The number of ether oxygens (including phenoxy) is 1. The van der Waals surface area contributed by atoms with Crippen molar-refractivity contribution in [2.75, 3.05) is 11.8 Å². The number of carbonyl (C=O) groups excluding carboxylic acids is 1. The Kier molecular flexibility index (Phi) is 6.24. The molecule has 2 N–H and O–H groups in total. The second-order valence-corrected chi connectivity index (χ2v) is 8.80. The first-order valence-corrected chi connectivity index (χ1v) is 11.0. The highest BCUT2D eigenvalue weighted by Gasteiger charge is 2.19. The summed E-state index contributed by atoms with van der Waals surface area (Å²) in [6.45, 7) is 1.80. The predicted molar refractivity (Wildman–Crippen MR) is 109 cm³/mol. The maximum atomic E-state index is 12.7. The molecule has 0 saturated heterocycles. The molecular weight excluding hydrogens is 376 g/mol. The number of nitrogens with one attached hydrogen (secondary N) is 2. The van der Waals surface area contributed by atoms with Crippen molar-refractivity contribution < 1.29 is 17.9 Å². The van der Waals surface area contributed by atoms with Crippen LogP contribution >= 0.6 is 0 Å². The van der Waals surface area contributed by atoms with Crippen molar-refractivity contribution in [3.63, 3.8) is 0 Å². The Balaban J connectivity index is 1.77. The molecule has 1 fully saturated rings. The van der Waals surface area contributed by atoms with E-state index in [1.807, 2.05) is 0 Å². The molecule has 0 atom stereocenters. The Morgan fingerprint density at radius 2 is 1.71 bits per heavy atom. The Labute approximate surface area is 166 Å². The molecule has 0 heterocycles. The molecule has 0 spiro atoms. The van der Waals surface area contributed by atoms with Gasteiger partial charge < -0.3 is 10.1 Å². The maximum Gasteiger partial charge on any atom is 0.261 e. The van der Waals surface area contributed by atoms with E-state index < -0.39 is 10.0 Å².